The summed E-state index contributed by atoms with van der Waals surface area (Å²) in [5.74, 6) is -0.315. The Labute approximate surface area is 182 Å². The summed E-state index contributed by atoms with van der Waals surface area (Å²) in [6.07, 6.45) is 4.67. The van der Waals surface area contributed by atoms with E-state index in [1.807, 2.05) is 36.4 Å². The number of hydrogen-bond acceptors (Lipinski definition) is 4. The van der Waals surface area contributed by atoms with Crippen molar-refractivity contribution >= 4 is 39.4 Å². The van der Waals surface area contributed by atoms with Gasteiger partial charge in [0.2, 0.25) is 0 Å². The lowest BCUT2D eigenvalue weighted by Gasteiger charge is -2.22. The molecule has 0 bridgehead atoms. The van der Waals surface area contributed by atoms with Gasteiger partial charge >= 0.3 is 0 Å². The van der Waals surface area contributed by atoms with Crippen molar-refractivity contribution in [3.63, 3.8) is 0 Å². The van der Waals surface area contributed by atoms with E-state index >= 15 is 0 Å². The molecule has 1 amide bonds. The lowest BCUT2D eigenvalue weighted by atomic mass is 9.90. The second kappa shape index (κ2) is 8.42. The average Bonchev–Trinajstić information content (AvgIpc) is 3.33. The highest BCUT2D eigenvalue weighted by Crippen LogP contribution is 2.43. The molecule has 2 heterocycles. The quantitative estimate of drug-likeness (QED) is 0.521. The molecule has 0 fully saturated rings. The van der Waals surface area contributed by atoms with Gasteiger partial charge < -0.3 is 14.4 Å². The number of hydrogen-bond donors (Lipinski definition) is 1. The molecule has 6 heteroatoms. The summed E-state index contributed by atoms with van der Waals surface area (Å²) in [5, 5.41) is 11.3. The first kappa shape index (κ1) is 20.3. The third kappa shape index (κ3) is 4.01. The molecule has 1 aromatic heterocycles. The first-order valence-corrected chi connectivity index (χ1v) is 10.4. The summed E-state index contributed by atoms with van der Waals surface area (Å²) in [6.45, 7) is 0.413. The lowest BCUT2D eigenvalue weighted by molar-refractivity contribution is -0.140. The zero-order chi connectivity index (χ0) is 21.1. The minimum Gasteiger partial charge on any atom is -0.465 e. The molecular formula is C24H20BrNO4. The van der Waals surface area contributed by atoms with Gasteiger partial charge in [0.15, 0.2) is 11.4 Å². The molecule has 1 N–H and O–H groups in total. The van der Waals surface area contributed by atoms with Crippen LogP contribution in [0.4, 0.5) is 5.69 Å². The molecule has 1 aliphatic rings. The highest BCUT2D eigenvalue weighted by Gasteiger charge is 2.50. The number of ketones is 1. The molecule has 1 aliphatic heterocycles. The Morgan fingerprint density at radius 2 is 1.93 bits per heavy atom. The lowest BCUT2D eigenvalue weighted by Crippen LogP contribution is -2.42. The van der Waals surface area contributed by atoms with Gasteiger partial charge in [-0.25, -0.2) is 0 Å². The third-order valence-corrected chi connectivity index (χ3v) is 5.66. The van der Waals surface area contributed by atoms with E-state index in [4.69, 9.17) is 4.42 Å². The third-order valence-electron chi connectivity index (χ3n) is 5.17. The van der Waals surface area contributed by atoms with Crippen molar-refractivity contribution < 1.29 is 19.1 Å². The number of allylic oxidation sites excluding steroid dienone is 1. The van der Waals surface area contributed by atoms with Crippen molar-refractivity contribution in [2.45, 2.75) is 18.4 Å². The summed E-state index contributed by atoms with van der Waals surface area (Å²) < 4.78 is 5.91. The van der Waals surface area contributed by atoms with E-state index < -0.39 is 11.5 Å². The van der Waals surface area contributed by atoms with E-state index in [-0.39, 0.29) is 12.2 Å². The van der Waals surface area contributed by atoms with Crippen molar-refractivity contribution in [3.05, 3.63) is 94.4 Å². The van der Waals surface area contributed by atoms with Gasteiger partial charge in [-0.2, -0.15) is 0 Å². The number of furan rings is 1. The summed E-state index contributed by atoms with van der Waals surface area (Å²) >= 11 is 3.40. The standard InChI is InChI=1S/C24H20BrNO4/c25-18-8-11-22-21(15-18)24(29,16-19(27)9-10-20-7-4-14-30-20)23(28)26(22)13-12-17-5-2-1-3-6-17/h1-11,14-15,29H,12-13,16H2. The molecule has 5 nitrogen and oxygen atoms in total. The summed E-state index contributed by atoms with van der Waals surface area (Å²) in [6, 6.07) is 18.6. The number of aliphatic hydroxyl groups is 1. The molecular weight excluding hydrogens is 446 g/mol. The van der Waals surface area contributed by atoms with Gasteiger partial charge in [0.25, 0.3) is 5.91 Å². The van der Waals surface area contributed by atoms with Gasteiger partial charge in [-0.3, -0.25) is 9.59 Å². The summed E-state index contributed by atoms with van der Waals surface area (Å²) in [5.41, 5.74) is 0.261. The van der Waals surface area contributed by atoms with E-state index in [0.29, 0.717) is 30.0 Å². The zero-order valence-electron chi connectivity index (χ0n) is 16.1. The summed E-state index contributed by atoms with van der Waals surface area (Å²) in [4.78, 5) is 27.4. The zero-order valence-corrected chi connectivity index (χ0v) is 17.7. The first-order chi connectivity index (χ1) is 14.5. The normalized spacial score (nSPS) is 18.2. The number of nitrogens with zero attached hydrogens (tertiary/aromatic N) is 1. The van der Waals surface area contributed by atoms with Crippen LogP contribution < -0.4 is 4.90 Å². The van der Waals surface area contributed by atoms with Gasteiger partial charge in [0.05, 0.1) is 18.4 Å². The molecule has 4 rings (SSSR count). The average molecular weight is 466 g/mol. The molecule has 0 spiro atoms. The highest BCUT2D eigenvalue weighted by atomic mass is 79.9. The van der Waals surface area contributed by atoms with Crippen LogP contribution in [0.15, 0.2) is 81.9 Å². The maximum absolute atomic E-state index is 13.3. The minimum absolute atomic E-state index is 0.339. The highest BCUT2D eigenvalue weighted by molar-refractivity contribution is 9.10. The van der Waals surface area contributed by atoms with Gasteiger partial charge in [-0.05, 0) is 54.5 Å². The Morgan fingerprint density at radius 1 is 1.13 bits per heavy atom. The fourth-order valence-corrected chi connectivity index (χ4v) is 4.03. The van der Waals surface area contributed by atoms with Crippen molar-refractivity contribution in [2.75, 3.05) is 11.4 Å². The number of fused-ring (bicyclic) bond motifs is 1. The molecule has 30 heavy (non-hydrogen) atoms. The number of rotatable bonds is 7. The minimum atomic E-state index is -1.90. The number of carbonyl (C=O) groups excluding carboxylic acids is 2. The number of halogens is 1. The number of benzene rings is 2. The Balaban J connectivity index is 1.58. The van der Waals surface area contributed by atoms with E-state index in [0.717, 1.165) is 10.0 Å². The molecule has 0 saturated heterocycles. The van der Waals surface area contributed by atoms with E-state index in [9.17, 15) is 14.7 Å². The van der Waals surface area contributed by atoms with Gasteiger partial charge in [0, 0.05) is 16.6 Å². The second-order valence-electron chi connectivity index (χ2n) is 7.21. The maximum Gasteiger partial charge on any atom is 0.264 e. The molecule has 0 radical (unpaired) electrons. The Hall–Kier alpha value is -2.96. The van der Waals surface area contributed by atoms with Crippen LogP contribution in [-0.4, -0.2) is 23.3 Å². The van der Waals surface area contributed by atoms with Crippen molar-refractivity contribution in [1.82, 2.24) is 0 Å². The fraction of sp³-hybridized carbons (Fsp3) is 0.167. The van der Waals surface area contributed by atoms with Gasteiger partial charge in [-0.15, -0.1) is 0 Å². The Kier molecular flexibility index (Phi) is 5.70. The van der Waals surface area contributed by atoms with Crippen LogP contribution in [0.1, 0.15) is 23.3 Å². The van der Waals surface area contributed by atoms with Crippen LogP contribution in [0.2, 0.25) is 0 Å². The van der Waals surface area contributed by atoms with Crippen LogP contribution in [0, 0.1) is 0 Å². The smallest absolute Gasteiger partial charge is 0.264 e. The van der Waals surface area contributed by atoms with E-state index in [1.165, 1.54) is 18.4 Å². The maximum atomic E-state index is 13.3. The Morgan fingerprint density at radius 3 is 2.67 bits per heavy atom. The van der Waals surface area contributed by atoms with E-state index in [2.05, 4.69) is 15.9 Å². The van der Waals surface area contributed by atoms with Crippen LogP contribution in [-0.2, 0) is 21.6 Å². The number of carbonyl (C=O) groups is 2. The molecule has 1 atom stereocenters. The van der Waals surface area contributed by atoms with Gasteiger partial charge in [0.1, 0.15) is 5.76 Å². The monoisotopic (exact) mass is 465 g/mol. The number of anilines is 1. The summed E-state index contributed by atoms with van der Waals surface area (Å²) in [7, 11) is 0. The molecule has 3 aromatic rings. The molecule has 152 valence electrons. The Bertz CT molecular complexity index is 1090. The van der Waals surface area contributed by atoms with E-state index in [1.54, 1.807) is 29.2 Å². The van der Waals surface area contributed by atoms with Gasteiger partial charge in [-0.1, -0.05) is 46.3 Å². The first-order valence-electron chi connectivity index (χ1n) is 9.60. The van der Waals surface area contributed by atoms with Crippen LogP contribution in [0.5, 0.6) is 0 Å². The van der Waals surface area contributed by atoms with Crippen LogP contribution >= 0.6 is 15.9 Å². The largest absolute Gasteiger partial charge is 0.465 e. The predicted octanol–water partition coefficient (Wildman–Crippen LogP) is 4.49. The van der Waals surface area contributed by atoms with Crippen molar-refractivity contribution in [1.29, 1.82) is 0 Å². The fourth-order valence-electron chi connectivity index (χ4n) is 3.67. The SMILES string of the molecule is O=C(C=Cc1ccco1)CC1(O)C(=O)N(CCc2ccccc2)c2ccc(Br)cc21. The molecule has 0 saturated carbocycles. The van der Waals surface area contributed by atoms with Crippen molar-refractivity contribution in [3.8, 4) is 0 Å². The predicted molar refractivity (Wildman–Crippen MR) is 118 cm³/mol. The molecule has 2 aromatic carbocycles. The molecule has 0 aliphatic carbocycles. The number of amides is 1. The topological polar surface area (TPSA) is 70.7 Å². The van der Waals surface area contributed by atoms with Crippen molar-refractivity contribution in [2.24, 2.45) is 0 Å². The van der Waals surface area contributed by atoms with Crippen LogP contribution in [0.3, 0.4) is 0 Å². The second-order valence-corrected chi connectivity index (χ2v) is 8.12. The van der Waals surface area contributed by atoms with Crippen LogP contribution in [0.25, 0.3) is 6.08 Å². The molecule has 1 unspecified atom stereocenters.